The number of aliphatic carboxylic acids is 1. The van der Waals surface area contributed by atoms with Crippen LogP contribution in [0.1, 0.15) is 41.7 Å². The van der Waals surface area contributed by atoms with Crippen molar-refractivity contribution >= 4 is 11.9 Å². The van der Waals surface area contributed by atoms with Crippen molar-refractivity contribution in [3.05, 3.63) is 29.6 Å². The minimum absolute atomic E-state index is 0.371. The van der Waals surface area contributed by atoms with Gasteiger partial charge >= 0.3 is 5.97 Å². The molecule has 1 aromatic heterocycles. The SMILES string of the molecule is CC(NC(=O)c1ccnc(C2CC2)c1)C(=O)O. The third-order valence-corrected chi connectivity index (χ3v) is 2.76. The molecule has 5 heteroatoms. The number of amides is 1. The maximum Gasteiger partial charge on any atom is 0.325 e. The van der Waals surface area contributed by atoms with Crippen LogP contribution in [0.25, 0.3) is 0 Å². The van der Waals surface area contributed by atoms with Crippen molar-refractivity contribution in [3.63, 3.8) is 0 Å². The van der Waals surface area contributed by atoms with Gasteiger partial charge in [0, 0.05) is 23.4 Å². The minimum Gasteiger partial charge on any atom is -0.480 e. The van der Waals surface area contributed by atoms with Gasteiger partial charge in [-0.3, -0.25) is 14.6 Å². The van der Waals surface area contributed by atoms with Crippen molar-refractivity contribution in [2.24, 2.45) is 0 Å². The van der Waals surface area contributed by atoms with Crippen LogP contribution in [0, 0.1) is 0 Å². The van der Waals surface area contributed by atoms with Gasteiger partial charge < -0.3 is 10.4 Å². The van der Waals surface area contributed by atoms with E-state index in [1.807, 2.05) is 0 Å². The Morgan fingerprint density at radius 3 is 2.82 bits per heavy atom. The molecule has 0 aliphatic heterocycles. The molecule has 0 radical (unpaired) electrons. The second-order valence-corrected chi connectivity index (χ2v) is 4.28. The zero-order valence-corrected chi connectivity index (χ0v) is 9.51. The second kappa shape index (κ2) is 4.53. The summed E-state index contributed by atoms with van der Waals surface area (Å²) in [6, 6.07) is 2.44. The monoisotopic (exact) mass is 234 g/mol. The first-order valence-electron chi connectivity index (χ1n) is 5.57. The number of aromatic nitrogens is 1. The molecule has 1 fully saturated rings. The van der Waals surface area contributed by atoms with Gasteiger partial charge in [-0.05, 0) is 31.9 Å². The third-order valence-electron chi connectivity index (χ3n) is 2.76. The molecule has 1 aromatic rings. The first kappa shape index (κ1) is 11.6. The lowest BCUT2D eigenvalue weighted by Gasteiger charge is -2.09. The number of nitrogens with one attached hydrogen (secondary N) is 1. The molecule has 0 aromatic carbocycles. The van der Waals surface area contributed by atoms with E-state index in [0.29, 0.717) is 11.5 Å². The fourth-order valence-electron chi connectivity index (χ4n) is 1.53. The van der Waals surface area contributed by atoms with Gasteiger partial charge in [0.05, 0.1) is 0 Å². The Labute approximate surface area is 98.9 Å². The van der Waals surface area contributed by atoms with Gasteiger partial charge in [0.2, 0.25) is 0 Å². The number of hydrogen-bond acceptors (Lipinski definition) is 3. The van der Waals surface area contributed by atoms with E-state index < -0.39 is 12.0 Å². The molecule has 5 nitrogen and oxygen atoms in total. The van der Waals surface area contributed by atoms with Gasteiger partial charge in [0.25, 0.3) is 5.91 Å². The van der Waals surface area contributed by atoms with Crippen molar-refractivity contribution in [1.29, 1.82) is 0 Å². The van der Waals surface area contributed by atoms with Crippen LogP contribution in [0.15, 0.2) is 18.3 Å². The molecule has 0 spiro atoms. The highest BCUT2D eigenvalue weighted by molar-refractivity contribution is 5.96. The van der Waals surface area contributed by atoms with E-state index in [0.717, 1.165) is 18.5 Å². The van der Waals surface area contributed by atoms with Gasteiger partial charge in [-0.15, -0.1) is 0 Å². The van der Waals surface area contributed by atoms with Gasteiger partial charge in [-0.2, -0.15) is 0 Å². The van der Waals surface area contributed by atoms with Crippen LogP contribution in [0.4, 0.5) is 0 Å². The van der Waals surface area contributed by atoms with Crippen molar-refractivity contribution < 1.29 is 14.7 Å². The van der Waals surface area contributed by atoms with Crippen molar-refractivity contribution in [2.75, 3.05) is 0 Å². The fourth-order valence-corrected chi connectivity index (χ4v) is 1.53. The first-order chi connectivity index (χ1) is 8.08. The molecule has 2 rings (SSSR count). The summed E-state index contributed by atoms with van der Waals surface area (Å²) in [6.45, 7) is 1.43. The highest BCUT2D eigenvalue weighted by Gasteiger charge is 2.25. The standard InChI is InChI=1S/C12H14N2O3/c1-7(12(16)17)14-11(15)9-4-5-13-10(6-9)8-2-3-8/h4-8H,2-3H2,1H3,(H,14,15)(H,16,17). The summed E-state index contributed by atoms with van der Waals surface area (Å²) in [4.78, 5) is 26.6. The molecule has 1 heterocycles. The van der Waals surface area contributed by atoms with Crippen LogP contribution in [-0.4, -0.2) is 28.0 Å². The number of pyridine rings is 1. The largest absolute Gasteiger partial charge is 0.480 e. The molecule has 1 atom stereocenters. The number of carbonyl (C=O) groups excluding carboxylic acids is 1. The summed E-state index contributed by atoms with van der Waals surface area (Å²) >= 11 is 0. The first-order valence-corrected chi connectivity index (χ1v) is 5.57. The van der Waals surface area contributed by atoms with E-state index in [-0.39, 0.29) is 5.91 Å². The maximum atomic E-state index is 11.8. The number of carbonyl (C=O) groups is 2. The Hall–Kier alpha value is -1.91. The maximum absolute atomic E-state index is 11.8. The Morgan fingerprint density at radius 2 is 2.24 bits per heavy atom. The van der Waals surface area contributed by atoms with Crippen molar-refractivity contribution in [1.82, 2.24) is 10.3 Å². The van der Waals surface area contributed by atoms with Crippen LogP contribution in [-0.2, 0) is 4.79 Å². The van der Waals surface area contributed by atoms with Crippen LogP contribution >= 0.6 is 0 Å². The summed E-state index contributed by atoms with van der Waals surface area (Å²) in [5, 5.41) is 11.1. The number of rotatable bonds is 4. The van der Waals surface area contributed by atoms with Gasteiger partial charge in [0.15, 0.2) is 0 Å². The zero-order chi connectivity index (χ0) is 12.4. The van der Waals surface area contributed by atoms with Gasteiger partial charge in [-0.25, -0.2) is 0 Å². The summed E-state index contributed by atoms with van der Waals surface area (Å²) in [5.41, 5.74) is 1.38. The molecule has 17 heavy (non-hydrogen) atoms. The third kappa shape index (κ3) is 2.81. The molecule has 0 bridgehead atoms. The molecule has 90 valence electrons. The average molecular weight is 234 g/mol. The minimum atomic E-state index is -1.05. The summed E-state index contributed by atoms with van der Waals surface area (Å²) in [5.74, 6) is -0.946. The molecule has 2 N–H and O–H groups in total. The van der Waals surface area contributed by atoms with E-state index >= 15 is 0 Å². The number of carboxylic acids is 1. The van der Waals surface area contributed by atoms with E-state index in [9.17, 15) is 9.59 Å². The highest BCUT2D eigenvalue weighted by atomic mass is 16.4. The number of hydrogen-bond donors (Lipinski definition) is 2. The lowest BCUT2D eigenvalue weighted by atomic mass is 10.1. The van der Waals surface area contributed by atoms with E-state index in [4.69, 9.17) is 5.11 Å². The van der Waals surface area contributed by atoms with Crippen LogP contribution < -0.4 is 5.32 Å². The quantitative estimate of drug-likeness (QED) is 0.819. The molecular formula is C12H14N2O3. The molecule has 1 amide bonds. The Morgan fingerprint density at radius 1 is 1.53 bits per heavy atom. The molecule has 0 saturated heterocycles. The number of carboxylic acid groups (broad SMARTS) is 1. The van der Waals surface area contributed by atoms with E-state index in [2.05, 4.69) is 10.3 Å². The average Bonchev–Trinajstić information content (AvgIpc) is 3.12. The second-order valence-electron chi connectivity index (χ2n) is 4.28. The van der Waals surface area contributed by atoms with E-state index in [1.54, 1.807) is 18.3 Å². The van der Waals surface area contributed by atoms with Crippen LogP contribution in [0.2, 0.25) is 0 Å². The summed E-state index contributed by atoms with van der Waals surface area (Å²) < 4.78 is 0. The molecular weight excluding hydrogens is 220 g/mol. The topological polar surface area (TPSA) is 79.3 Å². The predicted molar refractivity (Wildman–Crippen MR) is 60.8 cm³/mol. The molecule has 1 unspecified atom stereocenters. The van der Waals surface area contributed by atoms with Gasteiger partial charge in [0.1, 0.15) is 6.04 Å². The lowest BCUT2D eigenvalue weighted by Crippen LogP contribution is -2.38. The summed E-state index contributed by atoms with van der Waals surface area (Å²) in [6.07, 6.45) is 3.82. The molecule has 1 aliphatic carbocycles. The normalized spacial score (nSPS) is 16.3. The van der Waals surface area contributed by atoms with Crippen molar-refractivity contribution in [3.8, 4) is 0 Å². The van der Waals surface area contributed by atoms with Crippen molar-refractivity contribution in [2.45, 2.75) is 31.7 Å². The van der Waals surface area contributed by atoms with Crippen LogP contribution in [0.5, 0.6) is 0 Å². The Kier molecular flexibility index (Phi) is 3.08. The molecule has 1 saturated carbocycles. The van der Waals surface area contributed by atoms with Gasteiger partial charge in [-0.1, -0.05) is 0 Å². The fraction of sp³-hybridized carbons (Fsp3) is 0.417. The Balaban J connectivity index is 2.08. The Bertz CT molecular complexity index is 455. The number of nitrogens with zero attached hydrogens (tertiary/aromatic N) is 1. The zero-order valence-electron chi connectivity index (χ0n) is 9.51. The van der Waals surface area contributed by atoms with E-state index in [1.165, 1.54) is 6.92 Å². The predicted octanol–water partition coefficient (Wildman–Crippen LogP) is 1.16. The smallest absolute Gasteiger partial charge is 0.325 e. The summed E-state index contributed by atoms with van der Waals surface area (Å²) in [7, 11) is 0. The van der Waals surface area contributed by atoms with Crippen LogP contribution in [0.3, 0.4) is 0 Å². The molecule has 1 aliphatic rings. The lowest BCUT2D eigenvalue weighted by molar-refractivity contribution is -0.138. The highest BCUT2D eigenvalue weighted by Crippen LogP contribution is 2.38.